The lowest BCUT2D eigenvalue weighted by Crippen LogP contribution is -2.51. The molecular weight excluding hydrogens is 372 g/mol. The van der Waals surface area contributed by atoms with Crippen molar-refractivity contribution in [2.75, 3.05) is 13.2 Å². The Labute approximate surface area is 168 Å². The number of para-hydroxylation sites is 1. The summed E-state index contributed by atoms with van der Waals surface area (Å²) in [6.07, 6.45) is 0.862. The van der Waals surface area contributed by atoms with Crippen molar-refractivity contribution >= 4 is 11.8 Å². The average molecular weight is 396 g/mol. The molecule has 152 valence electrons. The molecule has 1 spiro atoms. The second-order valence-electron chi connectivity index (χ2n) is 8.38. The van der Waals surface area contributed by atoms with Gasteiger partial charge in [0.05, 0.1) is 30.8 Å². The second kappa shape index (κ2) is 6.32. The molecule has 0 radical (unpaired) electrons. The molecule has 3 fully saturated rings. The van der Waals surface area contributed by atoms with Gasteiger partial charge in [-0.3, -0.25) is 19.5 Å². The average Bonchev–Trinajstić information content (AvgIpc) is 3.42. The van der Waals surface area contributed by atoms with Gasteiger partial charge in [0.25, 0.3) is 11.5 Å². The van der Waals surface area contributed by atoms with Crippen molar-refractivity contribution in [1.82, 2.24) is 19.6 Å². The van der Waals surface area contributed by atoms with Crippen LogP contribution in [0.25, 0.3) is 5.69 Å². The summed E-state index contributed by atoms with van der Waals surface area (Å²) in [5.41, 5.74) is -0.130. The Hall–Kier alpha value is -2.87. The second-order valence-corrected chi connectivity index (χ2v) is 8.38. The largest absolute Gasteiger partial charge is 0.351 e. The lowest BCUT2D eigenvalue weighted by Gasteiger charge is -2.34. The Morgan fingerprint density at radius 1 is 1.24 bits per heavy atom. The minimum atomic E-state index is -0.718. The van der Waals surface area contributed by atoms with E-state index in [9.17, 15) is 14.4 Å². The molecule has 2 aromatic rings. The lowest BCUT2D eigenvalue weighted by atomic mass is 10.0. The molecule has 3 aliphatic rings. The monoisotopic (exact) mass is 396 g/mol. The van der Waals surface area contributed by atoms with Crippen molar-refractivity contribution < 1.29 is 14.3 Å². The highest BCUT2D eigenvalue weighted by Gasteiger charge is 2.65. The van der Waals surface area contributed by atoms with Crippen LogP contribution in [-0.2, 0) is 9.53 Å². The van der Waals surface area contributed by atoms with Gasteiger partial charge in [-0.1, -0.05) is 32.0 Å². The first kappa shape index (κ1) is 18.2. The van der Waals surface area contributed by atoms with E-state index < -0.39 is 5.72 Å². The molecule has 2 amide bonds. The fourth-order valence-corrected chi connectivity index (χ4v) is 5.04. The molecule has 3 saturated heterocycles. The van der Waals surface area contributed by atoms with Gasteiger partial charge in [0.2, 0.25) is 5.91 Å². The maximum atomic E-state index is 13.3. The number of carbonyl (C=O) groups is 2. The number of aromatic amines is 1. The fourth-order valence-electron chi connectivity index (χ4n) is 5.04. The molecule has 0 saturated carbocycles. The van der Waals surface area contributed by atoms with Crippen LogP contribution in [0.4, 0.5) is 0 Å². The Bertz CT molecular complexity index is 1030. The van der Waals surface area contributed by atoms with Crippen molar-refractivity contribution in [1.29, 1.82) is 0 Å². The Balaban J connectivity index is 1.45. The molecule has 8 nitrogen and oxygen atoms in total. The van der Waals surface area contributed by atoms with E-state index in [0.717, 1.165) is 0 Å². The van der Waals surface area contributed by atoms with Crippen LogP contribution in [0.3, 0.4) is 0 Å². The molecule has 0 aliphatic carbocycles. The van der Waals surface area contributed by atoms with Crippen molar-refractivity contribution in [3.63, 3.8) is 0 Å². The minimum absolute atomic E-state index is 0.0408. The number of benzene rings is 1. The first-order valence-electron chi connectivity index (χ1n) is 10.1. The zero-order valence-electron chi connectivity index (χ0n) is 16.5. The highest BCUT2D eigenvalue weighted by atomic mass is 16.5. The van der Waals surface area contributed by atoms with Crippen LogP contribution in [0.2, 0.25) is 0 Å². The van der Waals surface area contributed by atoms with Gasteiger partial charge in [0, 0.05) is 19.0 Å². The van der Waals surface area contributed by atoms with Crippen molar-refractivity contribution in [2.45, 2.75) is 44.5 Å². The van der Waals surface area contributed by atoms with Crippen LogP contribution < -0.4 is 5.56 Å². The third-order valence-corrected chi connectivity index (χ3v) is 6.48. The number of nitrogens with zero attached hydrogens (tertiary/aromatic N) is 3. The van der Waals surface area contributed by atoms with E-state index in [0.29, 0.717) is 25.3 Å². The lowest BCUT2D eigenvalue weighted by molar-refractivity contribution is -0.139. The molecule has 3 atom stereocenters. The predicted molar refractivity (Wildman–Crippen MR) is 105 cm³/mol. The van der Waals surface area contributed by atoms with Gasteiger partial charge >= 0.3 is 0 Å². The number of rotatable bonds is 3. The molecule has 0 bridgehead atoms. The van der Waals surface area contributed by atoms with Gasteiger partial charge < -0.3 is 14.5 Å². The van der Waals surface area contributed by atoms with E-state index in [1.807, 2.05) is 23.1 Å². The van der Waals surface area contributed by atoms with Crippen LogP contribution >= 0.6 is 0 Å². The molecule has 3 aliphatic heterocycles. The van der Waals surface area contributed by atoms with Gasteiger partial charge in [-0.05, 0) is 18.1 Å². The molecule has 29 heavy (non-hydrogen) atoms. The van der Waals surface area contributed by atoms with Crippen molar-refractivity contribution in [3.05, 3.63) is 52.4 Å². The van der Waals surface area contributed by atoms with E-state index in [4.69, 9.17) is 4.74 Å². The van der Waals surface area contributed by atoms with E-state index in [-0.39, 0.29) is 47.5 Å². The van der Waals surface area contributed by atoms with E-state index in [1.165, 1.54) is 10.7 Å². The summed E-state index contributed by atoms with van der Waals surface area (Å²) in [6, 6.07) is 10.1. The number of amides is 2. The normalized spacial score (nSPS) is 28.3. The smallest absolute Gasteiger partial charge is 0.272 e. The maximum Gasteiger partial charge on any atom is 0.272 e. The third kappa shape index (κ3) is 2.51. The molecule has 5 rings (SSSR count). The zero-order chi connectivity index (χ0) is 20.3. The van der Waals surface area contributed by atoms with Gasteiger partial charge in [-0.25, -0.2) is 4.68 Å². The van der Waals surface area contributed by atoms with Crippen LogP contribution in [0.15, 0.2) is 41.2 Å². The number of ether oxygens (including phenoxy) is 1. The first-order valence-corrected chi connectivity index (χ1v) is 10.1. The highest BCUT2D eigenvalue weighted by Crippen LogP contribution is 2.49. The van der Waals surface area contributed by atoms with Gasteiger partial charge in [0.1, 0.15) is 5.69 Å². The number of nitrogens with one attached hydrogen (secondary N) is 1. The summed E-state index contributed by atoms with van der Waals surface area (Å²) in [7, 11) is 0. The third-order valence-electron chi connectivity index (χ3n) is 6.48. The molecule has 1 N–H and O–H groups in total. The van der Waals surface area contributed by atoms with Gasteiger partial charge in [-0.15, -0.1) is 0 Å². The summed E-state index contributed by atoms with van der Waals surface area (Å²) in [5.74, 6) is 0.0574. The molecule has 1 aromatic carbocycles. The number of hydrogen-bond donors (Lipinski definition) is 1. The molecule has 1 aromatic heterocycles. The Kier molecular flexibility index (Phi) is 3.96. The van der Waals surface area contributed by atoms with Crippen LogP contribution in [0, 0.1) is 5.92 Å². The van der Waals surface area contributed by atoms with E-state index >= 15 is 0 Å². The molecule has 4 heterocycles. The Morgan fingerprint density at radius 2 is 2.00 bits per heavy atom. The van der Waals surface area contributed by atoms with Gasteiger partial charge in [-0.2, -0.15) is 0 Å². The summed E-state index contributed by atoms with van der Waals surface area (Å²) in [4.78, 5) is 42.0. The van der Waals surface area contributed by atoms with E-state index in [2.05, 4.69) is 18.9 Å². The highest BCUT2D eigenvalue weighted by molar-refractivity contribution is 5.94. The topological polar surface area (TPSA) is 87.6 Å². The predicted octanol–water partition coefficient (Wildman–Crippen LogP) is 1.36. The number of hydrogen-bond acceptors (Lipinski definition) is 4. The zero-order valence-corrected chi connectivity index (χ0v) is 16.5. The molecule has 0 unspecified atom stereocenters. The Morgan fingerprint density at radius 3 is 2.72 bits per heavy atom. The van der Waals surface area contributed by atoms with Crippen LogP contribution in [0.1, 0.15) is 37.2 Å². The summed E-state index contributed by atoms with van der Waals surface area (Å²) in [6.45, 7) is 5.17. The maximum absolute atomic E-state index is 13.3. The SMILES string of the molecule is CC(C)[C@@H]1CO[C@@]23CCN(C(=O)c4cc(=O)n(-c5ccccc5)[nH]4)[C@@H]2CC(=O)N13. The summed E-state index contributed by atoms with van der Waals surface area (Å²) in [5, 5.41) is 2.92. The number of likely N-dealkylation sites (tertiary alicyclic amines) is 1. The number of carbonyl (C=O) groups excluding carboxylic acids is 2. The van der Waals surface area contributed by atoms with Crippen LogP contribution in [-0.4, -0.2) is 62.4 Å². The molecule has 8 heteroatoms. The van der Waals surface area contributed by atoms with Crippen molar-refractivity contribution in [2.24, 2.45) is 5.92 Å². The van der Waals surface area contributed by atoms with E-state index in [1.54, 1.807) is 17.0 Å². The molecular formula is C21H24N4O4. The van der Waals surface area contributed by atoms with Crippen LogP contribution in [0.5, 0.6) is 0 Å². The standard InChI is InChI=1S/C21H24N4O4/c1-13(2)16-12-29-21-8-9-23(17(21)11-18(26)24(16)21)20(28)15-10-19(27)25(22-15)14-6-4-3-5-7-14/h3-7,10,13,16-17,22H,8-9,11-12H2,1-2H3/t16-,17+,21-/m0/s1. The summed E-state index contributed by atoms with van der Waals surface area (Å²) < 4.78 is 7.53. The summed E-state index contributed by atoms with van der Waals surface area (Å²) >= 11 is 0. The quantitative estimate of drug-likeness (QED) is 0.849. The minimum Gasteiger partial charge on any atom is -0.351 e. The number of H-pyrrole nitrogens is 1. The first-order chi connectivity index (χ1) is 13.9. The number of aromatic nitrogens is 2. The van der Waals surface area contributed by atoms with Gasteiger partial charge in [0.15, 0.2) is 5.72 Å². The fraction of sp³-hybridized carbons (Fsp3) is 0.476. The van der Waals surface area contributed by atoms with Crippen molar-refractivity contribution in [3.8, 4) is 5.69 Å².